The number of nitrogens with one attached hydrogen (secondary N) is 2. The Morgan fingerprint density at radius 1 is 0.971 bits per heavy atom. The number of nitrogens with two attached hydrogens (primary N) is 2. The lowest BCUT2D eigenvalue weighted by atomic mass is 10.0. The molecule has 6 N–H and O–H groups in total. The van der Waals surface area contributed by atoms with Crippen LogP contribution in [0, 0.1) is 5.82 Å². The van der Waals surface area contributed by atoms with Gasteiger partial charge in [0.1, 0.15) is 11.6 Å². The molecule has 0 bridgehead atoms. The summed E-state index contributed by atoms with van der Waals surface area (Å²) < 4.78 is 19.2. The molecule has 3 aromatic rings. The third-order valence-corrected chi connectivity index (χ3v) is 5.35. The number of rotatable bonds is 11. The molecule has 184 valence electrons. The fraction of sp³-hybridized carbons (Fsp3) is 0.269. The normalized spacial score (nSPS) is 11.6. The lowest BCUT2D eigenvalue weighted by Gasteiger charge is -2.14. The standard InChI is InChI=1S/C26H29FN4O4/c27-21-9-5-6-17(12-21)13-22(28)25(33)30-10-3-4-11-35-23-15-19-8-2-1-7-18(19)14-20(23)16-24(32)31-26(29)34/h1-2,5-9,12,14-15,22H,3-4,10-11,13,16,28H2,(H,30,33)(H3,29,31,32,34)/t22-/m0/s1. The number of imide groups is 1. The quantitative estimate of drug-likeness (QED) is 0.313. The highest BCUT2D eigenvalue weighted by molar-refractivity contribution is 5.95. The van der Waals surface area contributed by atoms with E-state index >= 15 is 0 Å². The second kappa shape index (κ2) is 12.5. The van der Waals surface area contributed by atoms with Crippen LogP contribution in [0.5, 0.6) is 5.75 Å². The highest BCUT2D eigenvalue weighted by Gasteiger charge is 2.14. The van der Waals surface area contributed by atoms with Crippen LogP contribution in [0.4, 0.5) is 9.18 Å². The summed E-state index contributed by atoms with van der Waals surface area (Å²) in [4.78, 5) is 35.2. The molecule has 3 rings (SSSR count). The molecule has 0 aliphatic carbocycles. The minimum atomic E-state index is -0.907. The predicted molar refractivity (Wildman–Crippen MR) is 131 cm³/mol. The molecule has 3 aromatic carbocycles. The Balaban J connectivity index is 1.47. The molecule has 9 heteroatoms. The predicted octanol–water partition coefficient (Wildman–Crippen LogP) is 2.56. The van der Waals surface area contributed by atoms with E-state index in [-0.39, 0.29) is 24.6 Å². The Hall–Kier alpha value is -3.98. The molecule has 0 aliphatic rings. The van der Waals surface area contributed by atoms with Gasteiger partial charge in [-0.3, -0.25) is 14.9 Å². The van der Waals surface area contributed by atoms with E-state index in [1.54, 1.807) is 12.1 Å². The summed E-state index contributed by atoms with van der Waals surface area (Å²) in [7, 11) is 0. The van der Waals surface area contributed by atoms with E-state index < -0.39 is 18.0 Å². The van der Waals surface area contributed by atoms with Crippen molar-refractivity contribution < 1.29 is 23.5 Å². The third kappa shape index (κ3) is 8.08. The van der Waals surface area contributed by atoms with Gasteiger partial charge in [-0.25, -0.2) is 9.18 Å². The fourth-order valence-corrected chi connectivity index (χ4v) is 3.66. The Labute approximate surface area is 202 Å². The molecule has 1 atom stereocenters. The molecule has 0 fully saturated rings. The van der Waals surface area contributed by atoms with Gasteiger partial charge in [-0.05, 0) is 59.9 Å². The first-order chi connectivity index (χ1) is 16.8. The number of hydrogen-bond donors (Lipinski definition) is 4. The number of hydrogen-bond acceptors (Lipinski definition) is 5. The fourth-order valence-electron chi connectivity index (χ4n) is 3.66. The van der Waals surface area contributed by atoms with E-state index in [1.807, 2.05) is 36.4 Å². The van der Waals surface area contributed by atoms with Crippen LogP contribution in [-0.4, -0.2) is 37.0 Å². The highest BCUT2D eigenvalue weighted by atomic mass is 19.1. The molecular weight excluding hydrogens is 451 g/mol. The molecule has 0 aromatic heterocycles. The number of benzene rings is 3. The van der Waals surface area contributed by atoms with Crippen molar-refractivity contribution in [1.82, 2.24) is 10.6 Å². The first-order valence-corrected chi connectivity index (χ1v) is 11.3. The van der Waals surface area contributed by atoms with E-state index in [0.717, 1.165) is 10.8 Å². The number of amides is 4. The van der Waals surface area contributed by atoms with Gasteiger partial charge in [0.05, 0.1) is 19.1 Å². The van der Waals surface area contributed by atoms with Crippen molar-refractivity contribution in [2.75, 3.05) is 13.2 Å². The Morgan fingerprint density at radius 2 is 1.71 bits per heavy atom. The van der Waals surface area contributed by atoms with Gasteiger partial charge in [0.2, 0.25) is 11.8 Å². The molecule has 0 spiro atoms. The number of carbonyl (C=O) groups is 3. The van der Waals surface area contributed by atoms with Crippen LogP contribution in [0.2, 0.25) is 0 Å². The first kappa shape index (κ1) is 25.6. The van der Waals surface area contributed by atoms with Crippen molar-refractivity contribution in [3.8, 4) is 5.75 Å². The summed E-state index contributed by atoms with van der Waals surface area (Å²) in [5.41, 5.74) is 12.3. The summed E-state index contributed by atoms with van der Waals surface area (Å²) in [6.45, 7) is 0.790. The molecule has 0 radical (unpaired) electrons. The number of unbranched alkanes of at least 4 members (excludes halogenated alkanes) is 1. The molecule has 0 aliphatic heterocycles. The summed E-state index contributed by atoms with van der Waals surface area (Å²) in [6, 6.07) is 15.7. The molecule has 0 unspecified atom stereocenters. The summed E-state index contributed by atoms with van der Waals surface area (Å²) in [5, 5.41) is 6.75. The number of primary amides is 1. The molecule has 8 nitrogen and oxygen atoms in total. The topological polar surface area (TPSA) is 137 Å². The van der Waals surface area contributed by atoms with Crippen LogP contribution in [-0.2, 0) is 22.4 Å². The average molecular weight is 481 g/mol. The Morgan fingerprint density at radius 3 is 2.43 bits per heavy atom. The van der Waals surface area contributed by atoms with Gasteiger partial charge in [0.25, 0.3) is 0 Å². The van der Waals surface area contributed by atoms with E-state index in [9.17, 15) is 18.8 Å². The lowest BCUT2D eigenvalue weighted by Crippen LogP contribution is -2.42. The summed E-state index contributed by atoms with van der Waals surface area (Å²) in [5.74, 6) is -0.634. The van der Waals surface area contributed by atoms with Crippen LogP contribution in [0.15, 0.2) is 60.7 Å². The SMILES string of the molecule is NC(=O)NC(=O)Cc1cc2ccccc2cc1OCCCCNC(=O)[C@@H](N)Cc1cccc(F)c1. The largest absolute Gasteiger partial charge is 0.493 e. The molecule has 0 saturated heterocycles. The molecule has 0 saturated carbocycles. The van der Waals surface area contributed by atoms with E-state index in [2.05, 4.69) is 10.6 Å². The molecule has 0 heterocycles. The van der Waals surface area contributed by atoms with Crippen LogP contribution >= 0.6 is 0 Å². The molecule has 4 amide bonds. The van der Waals surface area contributed by atoms with Crippen molar-refractivity contribution in [3.63, 3.8) is 0 Å². The first-order valence-electron chi connectivity index (χ1n) is 11.3. The van der Waals surface area contributed by atoms with Crippen molar-refractivity contribution >= 4 is 28.6 Å². The van der Waals surface area contributed by atoms with Crippen LogP contribution in [0.1, 0.15) is 24.0 Å². The zero-order valence-electron chi connectivity index (χ0n) is 19.3. The van der Waals surface area contributed by atoms with Crippen LogP contribution in [0.25, 0.3) is 10.8 Å². The average Bonchev–Trinajstić information content (AvgIpc) is 2.80. The maximum atomic E-state index is 13.3. The number of carbonyl (C=O) groups excluding carboxylic acids is 3. The van der Waals surface area contributed by atoms with Crippen molar-refractivity contribution in [1.29, 1.82) is 0 Å². The zero-order valence-corrected chi connectivity index (χ0v) is 19.3. The monoisotopic (exact) mass is 480 g/mol. The van der Waals surface area contributed by atoms with Gasteiger partial charge in [-0.2, -0.15) is 0 Å². The van der Waals surface area contributed by atoms with Gasteiger partial charge < -0.3 is 21.5 Å². The highest BCUT2D eigenvalue weighted by Crippen LogP contribution is 2.27. The number of halogens is 1. The minimum Gasteiger partial charge on any atom is -0.493 e. The van der Waals surface area contributed by atoms with Crippen molar-refractivity contribution in [3.05, 3.63) is 77.6 Å². The second-order valence-electron chi connectivity index (χ2n) is 8.18. The molecule has 35 heavy (non-hydrogen) atoms. The maximum Gasteiger partial charge on any atom is 0.318 e. The number of urea groups is 1. The van der Waals surface area contributed by atoms with E-state index in [4.69, 9.17) is 16.2 Å². The van der Waals surface area contributed by atoms with E-state index in [0.29, 0.717) is 42.9 Å². The smallest absolute Gasteiger partial charge is 0.318 e. The van der Waals surface area contributed by atoms with Crippen molar-refractivity contribution in [2.45, 2.75) is 31.7 Å². The second-order valence-corrected chi connectivity index (χ2v) is 8.18. The Bertz CT molecular complexity index is 1200. The van der Waals surface area contributed by atoms with Crippen LogP contribution in [0.3, 0.4) is 0 Å². The van der Waals surface area contributed by atoms with Gasteiger partial charge in [0.15, 0.2) is 0 Å². The molecular formula is C26H29FN4O4. The minimum absolute atomic E-state index is 0.0532. The van der Waals surface area contributed by atoms with Crippen molar-refractivity contribution in [2.24, 2.45) is 11.5 Å². The van der Waals surface area contributed by atoms with Gasteiger partial charge in [-0.15, -0.1) is 0 Å². The number of ether oxygens (including phenoxy) is 1. The van der Waals surface area contributed by atoms with Crippen LogP contribution < -0.4 is 26.8 Å². The maximum absolute atomic E-state index is 13.3. The van der Waals surface area contributed by atoms with Gasteiger partial charge in [0, 0.05) is 12.1 Å². The summed E-state index contributed by atoms with van der Waals surface area (Å²) in [6.07, 6.45) is 1.51. The number of fused-ring (bicyclic) bond motifs is 1. The van der Waals surface area contributed by atoms with Gasteiger partial charge in [-0.1, -0.05) is 36.4 Å². The Kier molecular flexibility index (Phi) is 9.14. The summed E-state index contributed by atoms with van der Waals surface area (Å²) >= 11 is 0. The lowest BCUT2D eigenvalue weighted by molar-refractivity contribution is -0.122. The zero-order chi connectivity index (χ0) is 25.2. The third-order valence-electron chi connectivity index (χ3n) is 5.35. The van der Waals surface area contributed by atoms with Gasteiger partial charge >= 0.3 is 6.03 Å². The van der Waals surface area contributed by atoms with E-state index in [1.165, 1.54) is 12.1 Å².